The first-order chi connectivity index (χ1) is 15.2. The fourth-order valence-electron chi connectivity index (χ4n) is 4.92. The molecule has 0 bridgehead atoms. The van der Waals surface area contributed by atoms with Crippen LogP contribution in [0.2, 0.25) is 0 Å². The van der Waals surface area contributed by atoms with Crippen LogP contribution in [-0.2, 0) is 25.6 Å². The van der Waals surface area contributed by atoms with Crippen molar-refractivity contribution in [1.82, 2.24) is 19.5 Å². The van der Waals surface area contributed by atoms with E-state index in [0.29, 0.717) is 18.9 Å². The summed E-state index contributed by atoms with van der Waals surface area (Å²) in [6.07, 6.45) is 5.55. The Morgan fingerprint density at radius 1 is 1.13 bits per heavy atom. The lowest BCUT2D eigenvalue weighted by Crippen LogP contribution is -2.34. The smallest absolute Gasteiger partial charge is 0.278 e. The number of nitrogens with zero attached hydrogens (tertiary/aromatic N) is 3. The first-order valence-corrected chi connectivity index (χ1v) is 10.8. The maximum absolute atomic E-state index is 12.1. The van der Waals surface area contributed by atoms with Crippen molar-refractivity contribution in [3.8, 4) is 0 Å². The van der Waals surface area contributed by atoms with Gasteiger partial charge in [0, 0.05) is 12.8 Å². The van der Waals surface area contributed by atoms with E-state index in [4.69, 9.17) is 18.9 Å². The molecule has 4 atom stereocenters. The lowest BCUT2D eigenvalue weighted by molar-refractivity contribution is -0.217. The van der Waals surface area contributed by atoms with Gasteiger partial charge >= 0.3 is 0 Å². The Labute approximate surface area is 178 Å². The van der Waals surface area contributed by atoms with Gasteiger partial charge in [-0.2, -0.15) is 0 Å². The number of hydrogen-bond donors (Lipinski definition) is 1. The van der Waals surface area contributed by atoms with Gasteiger partial charge in [0.15, 0.2) is 23.2 Å². The van der Waals surface area contributed by atoms with Gasteiger partial charge in [0.1, 0.15) is 18.3 Å². The fraction of sp³-hybridized carbons (Fsp3) is 0.500. The molecule has 6 rings (SSSR count). The number of aromatic amines is 1. The van der Waals surface area contributed by atoms with E-state index in [-0.39, 0.29) is 29.4 Å². The van der Waals surface area contributed by atoms with Crippen molar-refractivity contribution in [3.63, 3.8) is 0 Å². The van der Waals surface area contributed by atoms with Gasteiger partial charge in [-0.1, -0.05) is 30.3 Å². The molecule has 2 saturated heterocycles. The Bertz CT molecular complexity index is 1120. The largest absolute Gasteiger partial charge is 0.374 e. The van der Waals surface area contributed by atoms with Crippen molar-refractivity contribution < 1.29 is 18.9 Å². The predicted octanol–water partition coefficient (Wildman–Crippen LogP) is 2.29. The van der Waals surface area contributed by atoms with E-state index >= 15 is 0 Å². The monoisotopic (exact) mass is 424 g/mol. The van der Waals surface area contributed by atoms with Crippen LogP contribution in [0.3, 0.4) is 0 Å². The zero-order chi connectivity index (χ0) is 20.8. The minimum absolute atomic E-state index is 0.252. The number of fused-ring (bicyclic) bond motifs is 2. The predicted molar refractivity (Wildman–Crippen MR) is 109 cm³/mol. The topological polar surface area (TPSA) is 100 Å². The minimum atomic E-state index is -0.545. The number of ether oxygens (including phenoxy) is 4. The highest BCUT2D eigenvalue weighted by molar-refractivity contribution is 5.68. The van der Waals surface area contributed by atoms with Crippen molar-refractivity contribution in [1.29, 1.82) is 0 Å². The summed E-state index contributed by atoms with van der Waals surface area (Å²) in [7, 11) is 0. The van der Waals surface area contributed by atoms with Gasteiger partial charge in [0.2, 0.25) is 0 Å². The van der Waals surface area contributed by atoms with Crippen LogP contribution in [-0.4, -0.2) is 50.2 Å². The summed E-state index contributed by atoms with van der Waals surface area (Å²) in [6.45, 7) is 0.881. The highest BCUT2D eigenvalue weighted by atomic mass is 16.8. The van der Waals surface area contributed by atoms with Gasteiger partial charge < -0.3 is 23.9 Å². The molecule has 1 saturated carbocycles. The summed E-state index contributed by atoms with van der Waals surface area (Å²) in [5.41, 5.74) is 1.57. The van der Waals surface area contributed by atoms with Gasteiger partial charge in [0.25, 0.3) is 5.56 Å². The molecule has 162 valence electrons. The number of H-pyrrole nitrogens is 1. The lowest BCUT2D eigenvalue weighted by atomic mass is 10.1. The Balaban J connectivity index is 1.27. The van der Waals surface area contributed by atoms with Gasteiger partial charge in [0.05, 0.1) is 25.9 Å². The first-order valence-electron chi connectivity index (χ1n) is 10.8. The highest BCUT2D eigenvalue weighted by Gasteiger charge is 2.59. The molecule has 2 aliphatic heterocycles. The average molecular weight is 424 g/mol. The van der Waals surface area contributed by atoms with Crippen LogP contribution >= 0.6 is 0 Å². The SMILES string of the molecule is O=c1[nH]cnc2c1ncn2[C@@H]1O[C@H](COCc2ccccc2)[C@H]2OC3(CCCC3)O[C@H]21. The molecule has 3 aromatic rings. The van der Waals surface area contributed by atoms with Crippen molar-refractivity contribution in [3.05, 3.63) is 58.9 Å². The molecule has 3 aliphatic rings. The maximum atomic E-state index is 12.1. The van der Waals surface area contributed by atoms with E-state index in [1.165, 1.54) is 6.33 Å². The summed E-state index contributed by atoms with van der Waals surface area (Å²) in [5.74, 6) is -0.545. The van der Waals surface area contributed by atoms with Crippen LogP contribution in [0.1, 0.15) is 37.5 Å². The van der Waals surface area contributed by atoms with Gasteiger partial charge in [-0.3, -0.25) is 9.36 Å². The Kier molecular flexibility index (Phi) is 4.64. The number of benzene rings is 1. The second kappa shape index (κ2) is 7.52. The number of aromatic nitrogens is 4. The van der Waals surface area contributed by atoms with E-state index in [1.54, 1.807) is 10.9 Å². The summed E-state index contributed by atoms with van der Waals surface area (Å²) >= 11 is 0. The molecule has 0 radical (unpaired) electrons. The molecule has 9 nitrogen and oxygen atoms in total. The molecule has 1 spiro atoms. The zero-order valence-electron chi connectivity index (χ0n) is 17.0. The molecule has 2 aromatic heterocycles. The molecule has 0 unspecified atom stereocenters. The summed E-state index contributed by atoms with van der Waals surface area (Å²) in [6, 6.07) is 10.0. The average Bonchev–Trinajstić information content (AvgIpc) is 3.55. The lowest BCUT2D eigenvalue weighted by Gasteiger charge is -2.27. The second-order valence-corrected chi connectivity index (χ2v) is 8.40. The Hall–Kier alpha value is -2.59. The van der Waals surface area contributed by atoms with Crippen LogP contribution in [0.15, 0.2) is 47.8 Å². The van der Waals surface area contributed by atoms with E-state index in [2.05, 4.69) is 15.0 Å². The molecule has 31 heavy (non-hydrogen) atoms. The van der Waals surface area contributed by atoms with Gasteiger partial charge in [-0.15, -0.1) is 0 Å². The third kappa shape index (κ3) is 3.28. The molecular formula is C22H24N4O5. The fourth-order valence-corrected chi connectivity index (χ4v) is 4.92. The van der Waals surface area contributed by atoms with Crippen LogP contribution in [0, 0.1) is 0 Å². The van der Waals surface area contributed by atoms with Crippen molar-refractivity contribution in [2.24, 2.45) is 0 Å². The molecule has 3 fully saturated rings. The van der Waals surface area contributed by atoms with Gasteiger partial charge in [-0.25, -0.2) is 9.97 Å². The molecule has 4 heterocycles. The third-order valence-electron chi connectivity index (χ3n) is 6.39. The highest BCUT2D eigenvalue weighted by Crippen LogP contribution is 2.49. The van der Waals surface area contributed by atoms with E-state index in [0.717, 1.165) is 31.2 Å². The Morgan fingerprint density at radius 3 is 2.77 bits per heavy atom. The number of imidazole rings is 1. The maximum Gasteiger partial charge on any atom is 0.278 e. The third-order valence-corrected chi connectivity index (χ3v) is 6.39. The van der Waals surface area contributed by atoms with Crippen molar-refractivity contribution >= 4 is 11.2 Å². The number of hydrogen-bond acceptors (Lipinski definition) is 7. The summed E-state index contributed by atoms with van der Waals surface area (Å²) in [4.78, 5) is 23.2. The summed E-state index contributed by atoms with van der Waals surface area (Å²) in [5, 5.41) is 0. The van der Waals surface area contributed by atoms with Crippen molar-refractivity contribution in [2.45, 2.75) is 62.6 Å². The molecule has 1 aliphatic carbocycles. The van der Waals surface area contributed by atoms with E-state index < -0.39 is 12.0 Å². The zero-order valence-corrected chi connectivity index (χ0v) is 17.0. The normalized spacial score (nSPS) is 29.2. The summed E-state index contributed by atoms with van der Waals surface area (Å²) < 4.78 is 27.1. The van der Waals surface area contributed by atoms with E-state index in [1.807, 2.05) is 30.3 Å². The molecule has 0 amide bonds. The number of nitrogens with one attached hydrogen (secondary N) is 1. The molecule has 1 aromatic carbocycles. The van der Waals surface area contributed by atoms with Crippen LogP contribution in [0.4, 0.5) is 0 Å². The van der Waals surface area contributed by atoms with Crippen molar-refractivity contribution in [2.75, 3.05) is 6.61 Å². The second-order valence-electron chi connectivity index (χ2n) is 8.40. The van der Waals surface area contributed by atoms with E-state index in [9.17, 15) is 4.79 Å². The quantitative estimate of drug-likeness (QED) is 0.671. The molecule has 9 heteroatoms. The van der Waals surface area contributed by atoms with Crippen LogP contribution in [0.5, 0.6) is 0 Å². The minimum Gasteiger partial charge on any atom is -0.374 e. The molecule has 1 N–H and O–H groups in total. The van der Waals surface area contributed by atoms with Crippen LogP contribution in [0.25, 0.3) is 11.2 Å². The molecular weight excluding hydrogens is 400 g/mol. The Morgan fingerprint density at radius 2 is 1.94 bits per heavy atom. The standard InChI is InChI=1S/C22H24N4O5/c27-20-16-19(23-12-24-20)26(13-25-16)21-18-17(30-22(31-18)8-4-5-9-22)15(29-21)11-28-10-14-6-2-1-3-7-14/h1-3,6-7,12-13,15,17-18,21H,4-5,8-11H2,(H,23,24,27)/t15-,17-,18-,21-/m1/s1. The first kappa shape index (κ1) is 19.1. The number of rotatable bonds is 5. The van der Waals surface area contributed by atoms with Crippen LogP contribution < -0.4 is 5.56 Å². The van der Waals surface area contributed by atoms with Gasteiger partial charge in [-0.05, 0) is 18.4 Å².